The number of aryl methyl sites for hydroxylation is 1. The van der Waals surface area contributed by atoms with Gasteiger partial charge in [0, 0.05) is 5.56 Å². The van der Waals surface area contributed by atoms with E-state index in [1.807, 2.05) is 72.8 Å². The maximum Gasteiger partial charge on any atom is 0.539 e. The van der Waals surface area contributed by atoms with Gasteiger partial charge in [-0.15, -0.1) is 4.67 Å². The van der Waals surface area contributed by atoms with Gasteiger partial charge in [0.05, 0.1) is 19.8 Å². The number of rotatable bonds is 19. The molecule has 0 saturated heterocycles. The number of aliphatic carboxylic acids is 1. The van der Waals surface area contributed by atoms with Gasteiger partial charge in [0.2, 0.25) is 0 Å². The van der Waals surface area contributed by atoms with E-state index in [-0.39, 0.29) is 49.0 Å². The number of Topliss-reactive ketones (excluding diaryl/α,β-unsaturated/α-hetero) is 1. The molecule has 66 heavy (non-hydrogen) atoms. The van der Waals surface area contributed by atoms with Gasteiger partial charge >= 0.3 is 28.9 Å². The smallest absolute Gasteiger partial charge is 0.539 e. The van der Waals surface area contributed by atoms with Gasteiger partial charge in [-0.1, -0.05) is 140 Å². The van der Waals surface area contributed by atoms with Crippen LogP contribution in [-0.2, 0) is 65.5 Å². The van der Waals surface area contributed by atoms with E-state index in [2.05, 4.69) is 34.3 Å². The minimum Gasteiger partial charge on any atom is -0.558 e. The third-order valence-corrected chi connectivity index (χ3v) is 9.46. The van der Waals surface area contributed by atoms with Crippen LogP contribution < -0.4 is 20.5 Å². The lowest BCUT2D eigenvalue weighted by Gasteiger charge is -2.18. The summed E-state index contributed by atoms with van der Waals surface area (Å²) in [6.07, 6.45) is 0.297. The fourth-order valence-electron chi connectivity index (χ4n) is 5.67. The third-order valence-electron chi connectivity index (χ3n) is 9.05. The Morgan fingerprint density at radius 1 is 0.697 bits per heavy atom. The van der Waals surface area contributed by atoms with Crippen molar-refractivity contribution in [1.29, 1.82) is 0 Å². The zero-order chi connectivity index (χ0) is 48.1. The molecule has 18 heteroatoms. The van der Waals surface area contributed by atoms with E-state index in [9.17, 15) is 23.8 Å². The molecule has 0 heterocycles. The predicted octanol–water partition coefficient (Wildman–Crippen LogP) is 7.66. The molecule has 0 aromatic heterocycles. The van der Waals surface area contributed by atoms with Crippen LogP contribution in [0.3, 0.4) is 0 Å². The van der Waals surface area contributed by atoms with Crippen molar-refractivity contribution in [2.24, 2.45) is 5.73 Å². The lowest BCUT2D eigenvalue weighted by atomic mass is 10.0. The van der Waals surface area contributed by atoms with Gasteiger partial charge < -0.3 is 35.4 Å². The van der Waals surface area contributed by atoms with Gasteiger partial charge in [-0.3, -0.25) is 24.2 Å². The van der Waals surface area contributed by atoms with Crippen LogP contribution in [0.1, 0.15) is 43.7 Å². The Kier molecular flexibility index (Phi) is 24.7. The molecule has 0 bridgehead atoms. The van der Waals surface area contributed by atoms with E-state index in [0.717, 1.165) is 5.56 Å². The summed E-state index contributed by atoms with van der Waals surface area (Å²) < 4.78 is 38.7. The van der Waals surface area contributed by atoms with Gasteiger partial charge in [-0.25, -0.2) is 9.82 Å². The van der Waals surface area contributed by atoms with Crippen LogP contribution in [-0.4, -0.2) is 56.9 Å². The summed E-state index contributed by atoms with van der Waals surface area (Å²) in [4.78, 5) is 46.8. The minimum absolute atomic E-state index is 0.0588. The fourth-order valence-corrected chi connectivity index (χ4v) is 6.03. The summed E-state index contributed by atoms with van der Waals surface area (Å²) in [7, 11) is -3.76. The Labute approximate surface area is 384 Å². The summed E-state index contributed by atoms with van der Waals surface area (Å²) in [5.74, 6) is -2.10. The van der Waals surface area contributed by atoms with E-state index in [4.69, 9.17) is 44.9 Å². The van der Waals surface area contributed by atoms with Gasteiger partial charge in [0.1, 0.15) is 18.7 Å². The highest BCUT2D eigenvalue weighted by atomic mass is 31.1. The number of ether oxygens (including phenoxy) is 2. The number of phenolic OH excluding ortho intramolecular Hbond substituents is 2. The number of aromatic hydroxyl groups is 2. The van der Waals surface area contributed by atoms with Crippen molar-refractivity contribution < 1.29 is 67.7 Å². The highest BCUT2D eigenvalue weighted by Crippen LogP contribution is 2.27. The van der Waals surface area contributed by atoms with Crippen molar-refractivity contribution >= 4 is 34.7 Å². The number of carbonyl (C=O) groups excluding carboxylic acids is 2. The van der Waals surface area contributed by atoms with Crippen LogP contribution in [0.4, 0.5) is 0 Å². The van der Waals surface area contributed by atoms with Gasteiger partial charge in [-0.05, 0) is 75.9 Å². The van der Waals surface area contributed by atoms with E-state index in [0.29, 0.717) is 35.5 Å². The fraction of sp³-hybridized carbons (Fsp3) is 0.188. The number of carboxylic acid groups (broad SMARTS) is 1. The molecule has 6 aromatic rings. The normalized spacial score (nSPS) is 11.4. The first-order chi connectivity index (χ1) is 31.8. The highest BCUT2D eigenvalue weighted by molar-refractivity contribution is 7.31. The van der Waals surface area contributed by atoms with Crippen LogP contribution in [0, 0.1) is 6.92 Å². The maximum atomic E-state index is 12.9. The molecule has 0 saturated carbocycles. The quantitative estimate of drug-likeness (QED) is 0.0114. The van der Waals surface area contributed by atoms with Crippen molar-refractivity contribution in [1.82, 2.24) is 5.32 Å². The van der Waals surface area contributed by atoms with Crippen molar-refractivity contribution in [3.63, 3.8) is 0 Å². The molecule has 16 nitrogen and oxygen atoms in total. The number of nitrogens with two attached hydrogens (primary N) is 1. The van der Waals surface area contributed by atoms with Crippen molar-refractivity contribution in [2.45, 2.75) is 51.7 Å². The molecule has 0 aliphatic carbocycles. The lowest BCUT2D eigenvalue weighted by molar-refractivity contribution is -0.178. The van der Waals surface area contributed by atoms with E-state index >= 15 is 0 Å². The van der Waals surface area contributed by atoms with E-state index < -0.39 is 41.0 Å². The van der Waals surface area contributed by atoms with Crippen LogP contribution in [0.2, 0.25) is 0 Å². The first-order valence-corrected chi connectivity index (χ1v) is 21.8. The van der Waals surface area contributed by atoms with Gasteiger partial charge in [0.15, 0.2) is 23.0 Å². The number of phenols is 2. The Morgan fingerprint density at radius 2 is 1.18 bits per heavy atom. The standard InChI is InChI=1S/C25H24NO6P.C14H14O.C9H11NO4.HO3P/c1-18-12-13-20(15-24(18)32-33(29)30)14-22(25(28)31-17-19-8-4-2-5-9-19)26-16-23(27)21-10-6-3-7-11-21;1-3-7-13(8-4-1)11-15-12-14-9-5-2-6-10-14;10-6(9(13)14)3-5-1-2-7(11)8(12)4-5;1-3-4-2/h2-13,15,22,26H,14,16-17H2,1H3;1-10H,11-12H2;1-2,4,6,11-12H,3,10H2,(H,13,14);1H/t22-;;6-;/m0.0./s1. The number of hydrogen-bond acceptors (Lipinski definition) is 15. The average Bonchev–Trinajstić information content (AvgIpc) is 3.33. The molecule has 6 rings (SSSR count). The SMILES string of the molecule is Cc1ccc(C[C@H](NCC(=O)c2ccccc2)C(=O)OCc2ccccc2)cc1O[P+](=O)[O-].N[C@@H](Cc1ccc(O)c(O)c1)C(=O)O.O=POO.c1ccc(COCc2ccccc2)cc1. The first kappa shape index (κ1) is 53.6. The number of esters is 1. The third kappa shape index (κ3) is 21.3. The molecule has 0 amide bonds. The Balaban J connectivity index is 0.000000288. The summed E-state index contributed by atoms with van der Waals surface area (Å²) >= 11 is 0. The largest absolute Gasteiger partial charge is 0.558 e. The Morgan fingerprint density at radius 3 is 1.67 bits per heavy atom. The minimum atomic E-state index is -3.06. The lowest BCUT2D eigenvalue weighted by Crippen LogP contribution is -2.42. The monoisotopic (exact) mass is 940 g/mol. The second kappa shape index (κ2) is 30.4. The van der Waals surface area contributed by atoms with E-state index in [1.165, 1.54) is 29.3 Å². The molecule has 0 spiro atoms. The Hall–Kier alpha value is -6.71. The molecule has 3 atom stereocenters. The van der Waals surface area contributed by atoms with Crippen LogP contribution in [0.15, 0.2) is 158 Å². The van der Waals surface area contributed by atoms with Crippen LogP contribution in [0.5, 0.6) is 17.2 Å². The molecule has 346 valence electrons. The molecule has 6 aromatic carbocycles. The second-order valence-electron chi connectivity index (χ2n) is 14.0. The summed E-state index contributed by atoms with van der Waals surface area (Å²) in [6.45, 7) is 3.12. The van der Waals surface area contributed by atoms with Crippen molar-refractivity contribution in [3.05, 3.63) is 197 Å². The van der Waals surface area contributed by atoms with E-state index in [1.54, 1.807) is 49.4 Å². The second-order valence-corrected chi connectivity index (χ2v) is 15.0. The molecule has 0 fully saturated rings. The molecule has 1 unspecified atom stereocenters. The first-order valence-electron chi connectivity index (χ1n) is 20.0. The number of ketones is 1. The molecule has 0 aliphatic heterocycles. The number of hydrogen-bond donors (Lipinski definition) is 6. The van der Waals surface area contributed by atoms with Crippen LogP contribution >= 0.6 is 16.9 Å². The predicted molar refractivity (Wildman–Crippen MR) is 244 cm³/mol. The maximum absolute atomic E-state index is 12.9. The molecule has 0 aliphatic rings. The van der Waals surface area contributed by atoms with Crippen molar-refractivity contribution in [2.75, 3.05) is 6.54 Å². The molecular weight excluding hydrogens is 890 g/mol. The van der Waals surface area contributed by atoms with Crippen LogP contribution in [0.25, 0.3) is 0 Å². The van der Waals surface area contributed by atoms with Gasteiger partial charge in [0.25, 0.3) is 0 Å². The highest BCUT2D eigenvalue weighted by Gasteiger charge is 2.23. The van der Waals surface area contributed by atoms with Gasteiger partial charge in [-0.2, -0.15) is 0 Å². The van der Waals surface area contributed by atoms with Crippen molar-refractivity contribution in [3.8, 4) is 17.2 Å². The Bertz CT molecular complexity index is 2360. The summed E-state index contributed by atoms with van der Waals surface area (Å²) in [6, 6.07) is 45.8. The molecule has 7 N–H and O–H groups in total. The summed E-state index contributed by atoms with van der Waals surface area (Å²) in [5.41, 5.74) is 11.0. The number of nitrogens with one attached hydrogen (secondary N) is 1. The molecule has 0 radical (unpaired) electrons. The zero-order valence-corrected chi connectivity index (χ0v) is 37.5. The topological polar surface area (TPSA) is 264 Å². The zero-order valence-electron chi connectivity index (χ0n) is 35.8. The average molecular weight is 941 g/mol. The number of benzene rings is 6. The summed E-state index contributed by atoms with van der Waals surface area (Å²) in [5, 5.41) is 36.7. The molecular formula is C48H50N2O14P2. The number of carbonyl (C=O) groups is 3. The number of carboxylic acids is 1.